The van der Waals surface area contributed by atoms with E-state index in [0.29, 0.717) is 34.4 Å². The maximum atomic E-state index is 12.8. The minimum Gasteiger partial charge on any atom is -0.325 e. The Labute approximate surface area is 194 Å². The third-order valence-electron chi connectivity index (χ3n) is 4.97. The molecule has 0 bridgehead atoms. The molecule has 1 aliphatic rings. The number of hydrogen-bond donors (Lipinski definition) is 1. The second-order valence-corrected chi connectivity index (χ2v) is 8.98. The number of nitrogens with one attached hydrogen (secondary N) is 1. The van der Waals surface area contributed by atoms with Gasteiger partial charge in [0, 0.05) is 40.3 Å². The summed E-state index contributed by atoms with van der Waals surface area (Å²) in [6.45, 7) is 0.418. The molecular formula is C23H19Cl2N3O2S. The van der Waals surface area contributed by atoms with E-state index in [0.717, 1.165) is 16.2 Å². The van der Waals surface area contributed by atoms with Gasteiger partial charge in [0.2, 0.25) is 11.8 Å². The SMILES string of the molecule is O=C(Nc1ccc(SCc2cccnc2)cc1)C1CCN(c2cc(Cl)ccc2Cl)C1=O. The highest BCUT2D eigenvalue weighted by Gasteiger charge is 2.38. The van der Waals surface area contributed by atoms with E-state index in [1.807, 2.05) is 42.6 Å². The Hall–Kier alpha value is -2.54. The molecule has 5 nitrogen and oxygen atoms in total. The number of carbonyl (C=O) groups excluding carboxylic acids is 2. The molecule has 158 valence electrons. The fraction of sp³-hybridized carbons (Fsp3) is 0.174. The Kier molecular flexibility index (Phi) is 6.80. The van der Waals surface area contributed by atoms with Gasteiger partial charge in [-0.3, -0.25) is 14.6 Å². The van der Waals surface area contributed by atoms with Gasteiger partial charge in [0.25, 0.3) is 0 Å². The van der Waals surface area contributed by atoms with Gasteiger partial charge in [0.1, 0.15) is 5.92 Å². The van der Waals surface area contributed by atoms with Crippen molar-refractivity contribution >= 4 is 58.2 Å². The number of aromatic nitrogens is 1. The van der Waals surface area contributed by atoms with Crippen LogP contribution in [-0.4, -0.2) is 23.3 Å². The molecule has 4 rings (SSSR count). The van der Waals surface area contributed by atoms with Gasteiger partial charge in [-0.2, -0.15) is 0 Å². The van der Waals surface area contributed by atoms with Crippen LogP contribution in [0.2, 0.25) is 10.0 Å². The van der Waals surface area contributed by atoms with Crippen LogP contribution >= 0.6 is 35.0 Å². The lowest BCUT2D eigenvalue weighted by atomic mass is 10.1. The lowest BCUT2D eigenvalue weighted by Crippen LogP contribution is -2.33. The second kappa shape index (κ2) is 9.73. The van der Waals surface area contributed by atoms with Crippen LogP contribution in [0.3, 0.4) is 0 Å². The summed E-state index contributed by atoms with van der Waals surface area (Å²) in [4.78, 5) is 32.3. The van der Waals surface area contributed by atoms with Crippen molar-refractivity contribution in [2.45, 2.75) is 17.1 Å². The number of amides is 2. The smallest absolute Gasteiger partial charge is 0.239 e. The van der Waals surface area contributed by atoms with Gasteiger partial charge in [-0.25, -0.2) is 0 Å². The zero-order chi connectivity index (χ0) is 21.8. The number of hydrogen-bond acceptors (Lipinski definition) is 4. The molecule has 2 amide bonds. The molecular weight excluding hydrogens is 453 g/mol. The molecule has 0 radical (unpaired) electrons. The lowest BCUT2D eigenvalue weighted by molar-refractivity contribution is -0.129. The quantitative estimate of drug-likeness (QED) is 0.371. The van der Waals surface area contributed by atoms with Crippen molar-refractivity contribution < 1.29 is 9.59 Å². The molecule has 1 saturated heterocycles. The maximum absolute atomic E-state index is 12.8. The standard InChI is InChI=1S/C23H19Cl2N3O2S/c24-16-3-8-20(25)21(12-16)28-11-9-19(23(28)30)22(29)27-17-4-6-18(7-5-17)31-14-15-2-1-10-26-13-15/h1-8,10,12-13,19H,9,11,14H2,(H,27,29). The predicted molar refractivity (Wildman–Crippen MR) is 126 cm³/mol. The Bertz CT molecular complexity index is 1090. The molecule has 8 heteroatoms. The van der Waals surface area contributed by atoms with Crippen molar-refractivity contribution in [3.8, 4) is 0 Å². The van der Waals surface area contributed by atoms with E-state index in [2.05, 4.69) is 10.3 Å². The average molecular weight is 472 g/mol. The summed E-state index contributed by atoms with van der Waals surface area (Å²) >= 11 is 13.9. The molecule has 31 heavy (non-hydrogen) atoms. The first kappa shape index (κ1) is 21.7. The first-order valence-corrected chi connectivity index (χ1v) is 11.4. The highest BCUT2D eigenvalue weighted by molar-refractivity contribution is 7.98. The van der Waals surface area contributed by atoms with Gasteiger partial charge in [0.15, 0.2) is 0 Å². The summed E-state index contributed by atoms with van der Waals surface area (Å²) in [6, 6.07) is 16.5. The van der Waals surface area contributed by atoms with Gasteiger partial charge < -0.3 is 10.2 Å². The van der Waals surface area contributed by atoms with Crippen LogP contribution in [0.15, 0.2) is 71.9 Å². The molecule has 2 aromatic carbocycles. The summed E-state index contributed by atoms with van der Waals surface area (Å²) in [5.41, 5.74) is 2.33. The van der Waals surface area contributed by atoms with Crippen LogP contribution in [0.1, 0.15) is 12.0 Å². The number of anilines is 2. The summed E-state index contributed by atoms with van der Waals surface area (Å²) in [5, 5.41) is 3.77. The Morgan fingerprint density at radius 1 is 1.16 bits per heavy atom. The van der Waals surface area contributed by atoms with Crippen LogP contribution in [0.4, 0.5) is 11.4 Å². The molecule has 1 aromatic heterocycles. The first-order chi connectivity index (χ1) is 15.0. The van der Waals surface area contributed by atoms with Crippen LogP contribution in [0, 0.1) is 5.92 Å². The van der Waals surface area contributed by atoms with Crippen molar-refractivity contribution in [1.82, 2.24) is 4.98 Å². The molecule has 0 aliphatic carbocycles. The molecule has 1 unspecified atom stereocenters. The number of carbonyl (C=O) groups is 2. The monoisotopic (exact) mass is 471 g/mol. The minimum absolute atomic E-state index is 0.273. The average Bonchev–Trinajstić information content (AvgIpc) is 3.17. The van der Waals surface area contributed by atoms with Gasteiger partial charge in [-0.15, -0.1) is 11.8 Å². The van der Waals surface area contributed by atoms with Gasteiger partial charge >= 0.3 is 0 Å². The fourth-order valence-corrected chi connectivity index (χ4v) is 4.59. The van der Waals surface area contributed by atoms with E-state index in [1.165, 1.54) is 4.90 Å². The normalized spacial score (nSPS) is 15.9. The van der Waals surface area contributed by atoms with Crippen LogP contribution in [-0.2, 0) is 15.3 Å². The lowest BCUT2D eigenvalue weighted by Gasteiger charge is -2.18. The van der Waals surface area contributed by atoms with Gasteiger partial charge in [-0.05, 0) is 60.5 Å². The summed E-state index contributed by atoms with van der Waals surface area (Å²) in [5.74, 6) is -0.528. The van der Waals surface area contributed by atoms with Crippen LogP contribution < -0.4 is 10.2 Å². The van der Waals surface area contributed by atoms with E-state index in [1.54, 1.807) is 36.2 Å². The third kappa shape index (κ3) is 5.21. The molecule has 0 spiro atoms. The maximum Gasteiger partial charge on any atom is 0.239 e. The van der Waals surface area contributed by atoms with E-state index < -0.39 is 5.92 Å². The third-order valence-corrected chi connectivity index (χ3v) is 6.61. The van der Waals surface area contributed by atoms with Crippen molar-refractivity contribution in [1.29, 1.82) is 0 Å². The van der Waals surface area contributed by atoms with Crippen LogP contribution in [0.25, 0.3) is 0 Å². The van der Waals surface area contributed by atoms with Crippen molar-refractivity contribution in [2.75, 3.05) is 16.8 Å². The molecule has 1 N–H and O–H groups in total. The van der Waals surface area contributed by atoms with E-state index in [4.69, 9.17) is 23.2 Å². The molecule has 2 heterocycles. The number of thioether (sulfide) groups is 1. The predicted octanol–water partition coefficient (Wildman–Crippen LogP) is 5.67. The minimum atomic E-state index is -0.755. The molecule has 0 saturated carbocycles. The Morgan fingerprint density at radius 2 is 1.97 bits per heavy atom. The highest BCUT2D eigenvalue weighted by atomic mass is 35.5. The number of pyridine rings is 1. The Balaban J connectivity index is 1.36. The number of nitrogens with zero attached hydrogens (tertiary/aromatic N) is 2. The van der Waals surface area contributed by atoms with E-state index in [-0.39, 0.29) is 11.8 Å². The van der Waals surface area contributed by atoms with E-state index in [9.17, 15) is 9.59 Å². The van der Waals surface area contributed by atoms with Gasteiger partial charge in [-0.1, -0.05) is 29.3 Å². The number of benzene rings is 2. The zero-order valence-corrected chi connectivity index (χ0v) is 18.8. The highest BCUT2D eigenvalue weighted by Crippen LogP contribution is 2.34. The molecule has 1 fully saturated rings. The van der Waals surface area contributed by atoms with Crippen molar-refractivity contribution in [3.05, 3.63) is 82.6 Å². The van der Waals surface area contributed by atoms with Crippen LogP contribution in [0.5, 0.6) is 0 Å². The molecule has 3 aromatic rings. The number of halogens is 2. The van der Waals surface area contributed by atoms with Crippen molar-refractivity contribution in [2.24, 2.45) is 5.92 Å². The van der Waals surface area contributed by atoms with Crippen molar-refractivity contribution in [3.63, 3.8) is 0 Å². The number of rotatable bonds is 6. The largest absolute Gasteiger partial charge is 0.325 e. The zero-order valence-electron chi connectivity index (χ0n) is 16.4. The summed E-state index contributed by atoms with van der Waals surface area (Å²) < 4.78 is 0. The van der Waals surface area contributed by atoms with E-state index >= 15 is 0 Å². The topological polar surface area (TPSA) is 62.3 Å². The molecule has 1 aliphatic heterocycles. The summed E-state index contributed by atoms with van der Waals surface area (Å²) in [6.07, 6.45) is 4.02. The Morgan fingerprint density at radius 3 is 2.71 bits per heavy atom. The summed E-state index contributed by atoms with van der Waals surface area (Å²) in [7, 11) is 0. The fourth-order valence-electron chi connectivity index (χ4n) is 3.37. The first-order valence-electron chi connectivity index (χ1n) is 9.70. The second-order valence-electron chi connectivity index (χ2n) is 7.09. The molecule has 1 atom stereocenters. The van der Waals surface area contributed by atoms with Gasteiger partial charge in [0.05, 0.1) is 10.7 Å².